The topological polar surface area (TPSA) is 99.1 Å². The van der Waals surface area contributed by atoms with E-state index >= 15 is 0 Å². The Kier molecular flexibility index (Phi) is 3.96. The molecule has 0 aliphatic carbocycles. The number of nitrogens with zero attached hydrogens (tertiary/aromatic N) is 1. The zero-order chi connectivity index (χ0) is 15.6. The number of halogens is 2. The van der Waals surface area contributed by atoms with Crippen molar-refractivity contribution in [2.75, 3.05) is 11.1 Å². The van der Waals surface area contributed by atoms with Crippen molar-refractivity contribution >= 4 is 34.6 Å². The molecule has 0 amide bonds. The summed E-state index contributed by atoms with van der Waals surface area (Å²) in [6.45, 7) is 0. The van der Waals surface area contributed by atoms with E-state index in [4.69, 9.17) is 27.7 Å². The van der Waals surface area contributed by atoms with Crippen LogP contribution in [-0.4, -0.2) is 11.1 Å². The third-order valence-electron chi connectivity index (χ3n) is 2.78. The van der Waals surface area contributed by atoms with Crippen LogP contribution in [0.1, 0.15) is 15.9 Å². The van der Waals surface area contributed by atoms with Gasteiger partial charge in [-0.15, -0.1) is 0 Å². The molecule has 2 aromatic rings. The summed E-state index contributed by atoms with van der Waals surface area (Å²) in [6, 6.07) is 8.70. The maximum absolute atomic E-state index is 13.4. The predicted molar refractivity (Wildman–Crippen MR) is 77.2 cm³/mol. The number of carboxylic acid groups (broad SMARTS) is 1. The number of nitrogen functional groups attached to an aromatic ring is 1. The zero-order valence-corrected chi connectivity index (χ0v) is 11.3. The van der Waals surface area contributed by atoms with Gasteiger partial charge in [-0.1, -0.05) is 11.6 Å². The fraction of sp³-hybridized carbons (Fsp3) is 0. The van der Waals surface area contributed by atoms with Crippen molar-refractivity contribution in [3.05, 3.63) is 52.3 Å². The molecule has 4 N–H and O–H groups in total. The number of benzene rings is 2. The van der Waals surface area contributed by atoms with Crippen molar-refractivity contribution in [1.82, 2.24) is 0 Å². The molecule has 0 aliphatic heterocycles. The number of aromatic carboxylic acids is 1. The van der Waals surface area contributed by atoms with E-state index in [2.05, 4.69) is 5.32 Å². The highest BCUT2D eigenvalue weighted by atomic mass is 35.5. The van der Waals surface area contributed by atoms with Gasteiger partial charge in [0.15, 0.2) is 0 Å². The average Bonchev–Trinajstić information content (AvgIpc) is 2.43. The lowest BCUT2D eigenvalue weighted by atomic mass is 10.1. The molecule has 7 heteroatoms. The first-order chi connectivity index (χ1) is 9.93. The molecule has 0 aromatic heterocycles. The maximum Gasteiger partial charge on any atom is 0.340 e. The summed E-state index contributed by atoms with van der Waals surface area (Å²) in [6.07, 6.45) is 0. The molecule has 0 unspecified atom stereocenters. The molecular weight excluding hydrogens is 297 g/mol. The minimum atomic E-state index is -1.38. The molecule has 0 atom stereocenters. The molecular formula is C14H9ClFN3O2. The second-order valence-corrected chi connectivity index (χ2v) is 4.55. The van der Waals surface area contributed by atoms with Crippen LogP contribution >= 0.6 is 11.6 Å². The molecule has 0 fully saturated rings. The molecule has 0 bridgehead atoms. The minimum absolute atomic E-state index is 0.0696. The standard InChI is InChI=1S/C14H9ClFN3O2/c15-8-2-1-7(6-17)11(5-8)19-10-4-3-9(16)13(18)12(10)14(20)21/h1-5,19H,18H2,(H,20,21). The molecule has 0 heterocycles. The SMILES string of the molecule is N#Cc1ccc(Cl)cc1Nc1ccc(F)c(N)c1C(=O)O. The Morgan fingerprint density at radius 3 is 2.67 bits per heavy atom. The molecule has 21 heavy (non-hydrogen) atoms. The Morgan fingerprint density at radius 2 is 2.05 bits per heavy atom. The van der Waals surface area contributed by atoms with E-state index in [9.17, 15) is 9.18 Å². The maximum atomic E-state index is 13.4. The van der Waals surface area contributed by atoms with E-state index in [1.165, 1.54) is 24.3 Å². The number of rotatable bonds is 3. The van der Waals surface area contributed by atoms with Gasteiger partial charge < -0.3 is 16.2 Å². The lowest BCUT2D eigenvalue weighted by Gasteiger charge is -2.13. The van der Waals surface area contributed by atoms with Crippen molar-refractivity contribution in [2.45, 2.75) is 0 Å². The van der Waals surface area contributed by atoms with E-state index in [1.807, 2.05) is 6.07 Å². The van der Waals surface area contributed by atoms with E-state index in [1.54, 1.807) is 0 Å². The van der Waals surface area contributed by atoms with Gasteiger partial charge >= 0.3 is 5.97 Å². The molecule has 0 saturated carbocycles. The lowest BCUT2D eigenvalue weighted by Crippen LogP contribution is -2.09. The highest BCUT2D eigenvalue weighted by Crippen LogP contribution is 2.30. The van der Waals surface area contributed by atoms with Gasteiger partial charge in [0.25, 0.3) is 0 Å². The number of nitriles is 1. The van der Waals surface area contributed by atoms with E-state index in [0.717, 1.165) is 6.07 Å². The van der Waals surface area contributed by atoms with Crippen LogP contribution < -0.4 is 11.1 Å². The molecule has 0 aliphatic rings. The number of carbonyl (C=O) groups is 1. The smallest absolute Gasteiger partial charge is 0.340 e. The second kappa shape index (κ2) is 5.69. The third kappa shape index (κ3) is 2.88. The number of hydrogen-bond donors (Lipinski definition) is 3. The van der Waals surface area contributed by atoms with Crippen molar-refractivity contribution < 1.29 is 14.3 Å². The predicted octanol–water partition coefficient (Wildman–Crippen LogP) is 3.37. The molecule has 2 aromatic carbocycles. The Balaban J connectivity index is 2.55. The zero-order valence-electron chi connectivity index (χ0n) is 10.5. The number of carboxylic acids is 1. The number of hydrogen-bond acceptors (Lipinski definition) is 4. The quantitative estimate of drug-likeness (QED) is 0.755. The fourth-order valence-corrected chi connectivity index (χ4v) is 1.96. The van der Waals surface area contributed by atoms with Gasteiger partial charge in [0, 0.05) is 5.02 Å². The number of anilines is 3. The Morgan fingerprint density at radius 1 is 1.33 bits per heavy atom. The van der Waals surface area contributed by atoms with Crippen molar-refractivity contribution in [3.63, 3.8) is 0 Å². The van der Waals surface area contributed by atoms with E-state index < -0.39 is 23.0 Å². The van der Waals surface area contributed by atoms with Crippen molar-refractivity contribution in [3.8, 4) is 6.07 Å². The molecule has 5 nitrogen and oxygen atoms in total. The van der Waals surface area contributed by atoms with Gasteiger partial charge in [-0.05, 0) is 30.3 Å². The molecule has 106 valence electrons. The van der Waals surface area contributed by atoms with Crippen molar-refractivity contribution in [1.29, 1.82) is 5.26 Å². The van der Waals surface area contributed by atoms with Crippen LogP contribution in [0.4, 0.5) is 21.5 Å². The summed E-state index contributed by atoms with van der Waals surface area (Å²) in [7, 11) is 0. The Labute approximate surface area is 124 Å². The van der Waals surface area contributed by atoms with Crippen LogP contribution in [-0.2, 0) is 0 Å². The first kappa shape index (κ1) is 14.6. The molecule has 0 radical (unpaired) electrons. The Hall–Kier alpha value is -2.78. The highest BCUT2D eigenvalue weighted by Gasteiger charge is 2.18. The van der Waals surface area contributed by atoms with Crippen LogP contribution in [0.2, 0.25) is 5.02 Å². The lowest BCUT2D eigenvalue weighted by molar-refractivity contribution is 0.0698. The van der Waals surface area contributed by atoms with E-state index in [-0.39, 0.29) is 11.3 Å². The monoisotopic (exact) mass is 305 g/mol. The first-order valence-corrected chi connectivity index (χ1v) is 6.09. The van der Waals surface area contributed by atoms with Gasteiger partial charge in [0.05, 0.1) is 22.6 Å². The molecule has 0 spiro atoms. The summed E-state index contributed by atoms with van der Waals surface area (Å²) in [5, 5.41) is 21.3. The summed E-state index contributed by atoms with van der Waals surface area (Å²) in [4.78, 5) is 11.2. The van der Waals surface area contributed by atoms with Gasteiger partial charge in [0.1, 0.15) is 17.4 Å². The summed E-state index contributed by atoms with van der Waals surface area (Å²) in [5.74, 6) is -2.21. The summed E-state index contributed by atoms with van der Waals surface area (Å²) >= 11 is 5.85. The Bertz CT molecular complexity index is 772. The first-order valence-electron chi connectivity index (χ1n) is 5.72. The molecule has 0 saturated heterocycles. The summed E-state index contributed by atoms with van der Waals surface area (Å²) in [5.41, 5.74) is 5.21. The largest absolute Gasteiger partial charge is 0.478 e. The van der Waals surface area contributed by atoms with Crippen LogP contribution in [0, 0.1) is 17.1 Å². The van der Waals surface area contributed by atoms with Gasteiger partial charge in [-0.3, -0.25) is 0 Å². The molecule has 2 rings (SSSR count). The van der Waals surface area contributed by atoms with E-state index in [0.29, 0.717) is 10.7 Å². The number of nitrogens with one attached hydrogen (secondary N) is 1. The summed E-state index contributed by atoms with van der Waals surface area (Å²) < 4.78 is 13.4. The van der Waals surface area contributed by atoms with Gasteiger partial charge in [0.2, 0.25) is 0 Å². The average molecular weight is 306 g/mol. The van der Waals surface area contributed by atoms with Gasteiger partial charge in [-0.25, -0.2) is 9.18 Å². The minimum Gasteiger partial charge on any atom is -0.478 e. The fourth-order valence-electron chi connectivity index (χ4n) is 1.79. The van der Waals surface area contributed by atoms with Crippen LogP contribution in [0.15, 0.2) is 30.3 Å². The van der Waals surface area contributed by atoms with Crippen LogP contribution in [0.5, 0.6) is 0 Å². The third-order valence-corrected chi connectivity index (χ3v) is 3.01. The second-order valence-electron chi connectivity index (χ2n) is 4.12. The van der Waals surface area contributed by atoms with Crippen LogP contribution in [0.25, 0.3) is 0 Å². The van der Waals surface area contributed by atoms with Crippen LogP contribution in [0.3, 0.4) is 0 Å². The number of nitrogens with two attached hydrogens (primary N) is 1. The van der Waals surface area contributed by atoms with Gasteiger partial charge in [-0.2, -0.15) is 5.26 Å². The normalized spacial score (nSPS) is 9.95. The highest BCUT2D eigenvalue weighted by molar-refractivity contribution is 6.31. The van der Waals surface area contributed by atoms with Crippen molar-refractivity contribution in [2.24, 2.45) is 0 Å².